The zero-order valence-corrected chi connectivity index (χ0v) is 14.0. The molecule has 1 atom stereocenters. The van der Waals surface area contributed by atoms with E-state index >= 15 is 0 Å². The van der Waals surface area contributed by atoms with Crippen LogP contribution in [0, 0.1) is 0 Å². The van der Waals surface area contributed by atoms with Gasteiger partial charge in [0.05, 0.1) is 0 Å². The number of hydrogen-bond acceptors (Lipinski definition) is 3. The van der Waals surface area contributed by atoms with Gasteiger partial charge in [-0.05, 0) is 24.1 Å². The van der Waals surface area contributed by atoms with Crippen molar-refractivity contribution < 1.29 is 9.59 Å². The smallest absolute Gasteiger partial charge is 0.225 e. The van der Waals surface area contributed by atoms with Gasteiger partial charge in [-0.15, -0.1) is 0 Å². The highest BCUT2D eigenvalue weighted by molar-refractivity contribution is 5.97. The second-order valence-electron chi connectivity index (χ2n) is 6.18. The number of fused-ring (bicyclic) bond motifs is 1. The normalized spacial score (nSPS) is 16.4. The SMILES string of the molecule is CCCCc1ncc(C2CC(=O)Nc3cc(NC(C)=O)ccc32)[nH]1. The van der Waals surface area contributed by atoms with E-state index < -0.39 is 0 Å². The third-order valence-electron chi connectivity index (χ3n) is 4.20. The van der Waals surface area contributed by atoms with Gasteiger partial charge in [0.25, 0.3) is 0 Å². The fraction of sp³-hybridized carbons (Fsp3) is 0.389. The molecule has 0 fully saturated rings. The Bertz CT molecular complexity index is 766. The van der Waals surface area contributed by atoms with Gasteiger partial charge in [0.1, 0.15) is 5.82 Å². The summed E-state index contributed by atoms with van der Waals surface area (Å²) in [6.07, 6.45) is 5.36. The van der Waals surface area contributed by atoms with Crippen molar-refractivity contribution in [2.75, 3.05) is 10.6 Å². The van der Waals surface area contributed by atoms with E-state index in [1.165, 1.54) is 6.92 Å². The fourth-order valence-electron chi connectivity index (χ4n) is 3.05. The highest BCUT2D eigenvalue weighted by Crippen LogP contribution is 2.37. The van der Waals surface area contributed by atoms with Gasteiger partial charge >= 0.3 is 0 Å². The first-order valence-corrected chi connectivity index (χ1v) is 8.32. The molecule has 1 aromatic heterocycles. The van der Waals surface area contributed by atoms with Crippen LogP contribution >= 0.6 is 0 Å². The number of aryl methyl sites for hydroxylation is 1. The van der Waals surface area contributed by atoms with Crippen LogP contribution in [0.15, 0.2) is 24.4 Å². The number of benzene rings is 1. The van der Waals surface area contributed by atoms with Crippen molar-refractivity contribution in [1.29, 1.82) is 0 Å². The van der Waals surface area contributed by atoms with Crippen molar-refractivity contribution in [2.24, 2.45) is 0 Å². The number of aromatic amines is 1. The van der Waals surface area contributed by atoms with Crippen LogP contribution in [0.1, 0.15) is 56.1 Å². The van der Waals surface area contributed by atoms with E-state index in [9.17, 15) is 9.59 Å². The van der Waals surface area contributed by atoms with Crippen molar-refractivity contribution in [3.05, 3.63) is 41.5 Å². The Morgan fingerprint density at radius 2 is 2.25 bits per heavy atom. The molecule has 1 unspecified atom stereocenters. The maximum Gasteiger partial charge on any atom is 0.225 e. The molecule has 3 N–H and O–H groups in total. The minimum atomic E-state index is -0.136. The van der Waals surface area contributed by atoms with Crippen LogP contribution < -0.4 is 10.6 Å². The summed E-state index contributed by atoms with van der Waals surface area (Å²) in [5.41, 5.74) is 3.42. The minimum Gasteiger partial charge on any atom is -0.345 e. The first-order valence-electron chi connectivity index (χ1n) is 8.32. The second kappa shape index (κ2) is 6.86. The van der Waals surface area contributed by atoms with Gasteiger partial charge in [-0.1, -0.05) is 19.4 Å². The van der Waals surface area contributed by atoms with Gasteiger partial charge in [0.2, 0.25) is 11.8 Å². The van der Waals surface area contributed by atoms with Gasteiger partial charge < -0.3 is 15.6 Å². The molecule has 2 aromatic rings. The van der Waals surface area contributed by atoms with E-state index in [1.54, 1.807) is 6.07 Å². The van der Waals surface area contributed by atoms with Crippen molar-refractivity contribution >= 4 is 23.2 Å². The molecule has 1 aliphatic rings. The summed E-state index contributed by atoms with van der Waals surface area (Å²) in [5.74, 6) is 0.761. The van der Waals surface area contributed by atoms with Crippen LogP contribution in [-0.4, -0.2) is 21.8 Å². The summed E-state index contributed by atoms with van der Waals surface area (Å²) in [5, 5.41) is 5.63. The summed E-state index contributed by atoms with van der Waals surface area (Å²) < 4.78 is 0. The van der Waals surface area contributed by atoms with Crippen LogP contribution in [0.3, 0.4) is 0 Å². The number of nitrogens with zero attached hydrogens (tertiary/aromatic N) is 1. The summed E-state index contributed by atoms with van der Waals surface area (Å²) in [6.45, 7) is 3.61. The van der Waals surface area contributed by atoms with Crippen LogP contribution in [0.25, 0.3) is 0 Å². The van der Waals surface area contributed by atoms with Crippen LogP contribution in [0.4, 0.5) is 11.4 Å². The molecule has 0 aliphatic carbocycles. The summed E-state index contributed by atoms with van der Waals surface area (Å²) in [4.78, 5) is 31.1. The molecule has 2 heterocycles. The third-order valence-corrected chi connectivity index (χ3v) is 4.20. The zero-order valence-electron chi connectivity index (χ0n) is 14.0. The number of carbonyl (C=O) groups excluding carboxylic acids is 2. The highest BCUT2D eigenvalue weighted by Gasteiger charge is 2.28. The van der Waals surface area contributed by atoms with Crippen LogP contribution in [0.5, 0.6) is 0 Å². The molecule has 1 aliphatic heterocycles. The standard InChI is InChI=1S/C18H22N4O2/c1-3-4-5-17-19-10-16(21-17)14-9-18(24)22-15-8-12(20-11(2)23)6-7-13(14)15/h6-8,10,14H,3-5,9H2,1-2H3,(H,19,21)(H,20,23)(H,22,24). The first-order chi connectivity index (χ1) is 11.6. The lowest BCUT2D eigenvalue weighted by atomic mass is 9.88. The average molecular weight is 326 g/mol. The fourth-order valence-corrected chi connectivity index (χ4v) is 3.05. The topological polar surface area (TPSA) is 86.9 Å². The number of anilines is 2. The molecule has 6 nitrogen and oxygen atoms in total. The predicted molar refractivity (Wildman–Crippen MR) is 93.0 cm³/mol. The number of unbranched alkanes of at least 4 members (excludes halogenated alkanes) is 1. The number of H-pyrrole nitrogens is 1. The van der Waals surface area contributed by atoms with Gasteiger partial charge in [-0.3, -0.25) is 9.59 Å². The first kappa shape index (κ1) is 16.2. The van der Waals surface area contributed by atoms with Gasteiger partial charge in [0.15, 0.2) is 0 Å². The molecule has 6 heteroatoms. The van der Waals surface area contributed by atoms with Crippen molar-refractivity contribution in [2.45, 2.75) is 45.4 Å². The molecule has 3 rings (SSSR count). The maximum atomic E-state index is 12.1. The quantitative estimate of drug-likeness (QED) is 0.788. The summed E-state index contributed by atoms with van der Waals surface area (Å²) in [7, 11) is 0. The molecular formula is C18H22N4O2. The van der Waals surface area contributed by atoms with E-state index in [-0.39, 0.29) is 17.7 Å². The Labute approximate surface area is 141 Å². The number of rotatable bonds is 5. The van der Waals surface area contributed by atoms with E-state index in [0.717, 1.165) is 42.0 Å². The van der Waals surface area contributed by atoms with E-state index in [0.29, 0.717) is 12.1 Å². The zero-order chi connectivity index (χ0) is 17.1. The molecule has 0 radical (unpaired) electrons. The van der Waals surface area contributed by atoms with Crippen LogP contribution in [-0.2, 0) is 16.0 Å². The Morgan fingerprint density at radius 3 is 3.00 bits per heavy atom. The minimum absolute atomic E-state index is 0.0304. The molecule has 1 aromatic carbocycles. The van der Waals surface area contributed by atoms with E-state index in [2.05, 4.69) is 27.5 Å². The van der Waals surface area contributed by atoms with Gasteiger partial charge in [-0.2, -0.15) is 0 Å². The molecule has 24 heavy (non-hydrogen) atoms. The Hall–Kier alpha value is -2.63. The molecule has 126 valence electrons. The molecule has 0 bridgehead atoms. The number of imidazole rings is 1. The lowest BCUT2D eigenvalue weighted by Crippen LogP contribution is -2.24. The largest absolute Gasteiger partial charge is 0.345 e. The average Bonchev–Trinajstić information content (AvgIpc) is 3.00. The molecular weight excluding hydrogens is 304 g/mol. The van der Waals surface area contributed by atoms with Crippen molar-refractivity contribution in [3.8, 4) is 0 Å². The number of amides is 2. The van der Waals surface area contributed by atoms with E-state index in [4.69, 9.17) is 0 Å². The monoisotopic (exact) mass is 326 g/mol. The van der Waals surface area contributed by atoms with Gasteiger partial charge in [0, 0.05) is 48.9 Å². The van der Waals surface area contributed by atoms with Gasteiger partial charge in [-0.25, -0.2) is 4.98 Å². The number of aromatic nitrogens is 2. The Kier molecular flexibility index (Phi) is 4.64. The summed E-state index contributed by atoms with van der Waals surface area (Å²) >= 11 is 0. The molecule has 0 saturated carbocycles. The van der Waals surface area contributed by atoms with Crippen molar-refractivity contribution in [3.63, 3.8) is 0 Å². The Balaban J connectivity index is 1.89. The lowest BCUT2D eigenvalue weighted by molar-refractivity contribution is -0.116. The second-order valence-corrected chi connectivity index (χ2v) is 6.18. The Morgan fingerprint density at radius 1 is 1.42 bits per heavy atom. The van der Waals surface area contributed by atoms with Crippen LogP contribution in [0.2, 0.25) is 0 Å². The van der Waals surface area contributed by atoms with Crippen molar-refractivity contribution in [1.82, 2.24) is 9.97 Å². The van der Waals surface area contributed by atoms with E-state index in [1.807, 2.05) is 18.3 Å². The number of nitrogens with one attached hydrogen (secondary N) is 3. The molecule has 0 saturated heterocycles. The summed E-state index contributed by atoms with van der Waals surface area (Å²) in [6, 6.07) is 5.62. The predicted octanol–water partition coefficient (Wildman–Crippen LogP) is 3.18. The molecule has 2 amide bonds. The highest BCUT2D eigenvalue weighted by atomic mass is 16.2. The number of hydrogen-bond donors (Lipinski definition) is 3. The third kappa shape index (κ3) is 3.48. The molecule has 0 spiro atoms. The number of carbonyl (C=O) groups is 2. The lowest BCUT2D eigenvalue weighted by Gasteiger charge is -2.25. The maximum absolute atomic E-state index is 12.1.